The molecule has 3 aromatic carbocycles. The van der Waals surface area contributed by atoms with Gasteiger partial charge in [-0.2, -0.15) is 0 Å². The topological polar surface area (TPSA) is 55.8 Å². The van der Waals surface area contributed by atoms with Gasteiger partial charge in [-0.05, 0) is 41.8 Å². The summed E-state index contributed by atoms with van der Waals surface area (Å²) in [7, 11) is 0. The van der Waals surface area contributed by atoms with Crippen molar-refractivity contribution in [2.24, 2.45) is 0 Å². The monoisotopic (exact) mass is 406 g/mol. The second kappa shape index (κ2) is 9.85. The number of hydrogen-bond donors (Lipinski definition) is 1. The first-order valence-corrected chi connectivity index (χ1v) is 9.54. The summed E-state index contributed by atoms with van der Waals surface area (Å²) in [6.45, 7) is 5.08. The van der Waals surface area contributed by atoms with E-state index < -0.39 is 5.97 Å². The van der Waals surface area contributed by atoms with Crippen LogP contribution in [0.2, 0.25) is 0 Å². The smallest absolute Gasteiger partial charge is 0.333 e. The van der Waals surface area contributed by atoms with Crippen molar-refractivity contribution >= 4 is 5.97 Å². The predicted octanol–water partition coefficient (Wildman–Crippen LogP) is 5.15. The van der Waals surface area contributed by atoms with Crippen LogP contribution in [0.4, 0.5) is 4.39 Å². The number of rotatable bonds is 8. The van der Waals surface area contributed by atoms with Crippen LogP contribution < -0.4 is 4.74 Å². The molecule has 0 spiro atoms. The molecule has 0 aliphatic carbocycles. The molecule has 0 aromatic heterocycles. The number of aliphatic hydroxyl groups excluding tert-OH is 1. The van der Waals surface area contributed by atoms with E-state index in [0.29, 0.717) is 22.4 Å². The molecule has 0 radical (unpaired) electrons. The van der Waals surface area contributed by atoms with E-state index in [1.54, 1.807) is 31.2 Å². The second-order valence-corrected chi connectivity index (χ2v) is 6.81. The first kappa shape index (κ1) is 21.3. The SMILES string of the molecule is C=C(C)C(=O)OCc1cc(OCCO)ccc1-c1ccc(-c2ccccc2)cc1F. The number of carbonyl (C=O) groups is 1. The lowest BCUT2D eigenvalue weighted by molar-refractivity contribution is -0.140. The Morgan fingerprint density at radius 2 is 1.73 bits per heavy atom. The zero-order chi connectivity index (χ0) is 21.5. The second-order valence-electron chi connectivity index (χ2n) is 6.81. The number of esters is 1. The highest BCUT2D eigenvalue weighted by molar-refractivity contribution is 5.87. The van der Waals surface area contributed by atoms with E-state index in [4.69, 9.17) is 14.6 Å². The van der Waals surface area contributed by atoms with E-state index in [9.17, 15) is 4.79 Å². The summed E-state index contributed by atoms with van der Waals surface area (Å²) < 4.78 is 25.8. The van der Waals surface area contributed by atoms with Crippen LogP contribution in [0.15, 0.2) is 78.9 Å². The van der Waals surface area contributed by atoms with Gasteiger partial charge in [0.1, 0.15) is 24.8 Å². The summed E-state index contributed by atoms with van der Waals surface area (Å²) in [6, 6.07) is 19.7. The largest absolute Gasteiger partial charge is 0.491 e. The Balaban J connectivity index is 1.96. The highest BCUT2D eigenvalue weighted by atomic mass is 19.1. The summed E-state index contributed by atoms with van der Waals surface area (Å²) >= 11 is 0. The fourth-order valence-corrected chi connectivity index (χ4v) is 3.02. The van der Waals surface area contributed by atoms with Crippen molar-refractivity contribution in [3.05, 3.63) is 90.3 Å². The van der Waals surface area contributed by atoms with Crippen LogP contribution in [0.3, 0.4) is 0 Å². The molecule has 4 nitrogen and oxygen atoms in total. The molecule has 30 heavy (non-hydrogen) atoms. The lowest BCUT2D eigenvalue weighted by atomic mass is 9.96. The van der Waals surface area contributed by atoms with Gasteiger partial charge in [0.05, 0.1) is 6.61 Å². The Hall–Kier alpha value is -3.44. The van der Waals surface area contributed by atoms with Crippen LogP contribution in [-0.2, 0) is 16.1 Å². The third kappa shape index (κ3) is 5.13. The van der Waals surface area contributed by atoms with Crippen LogP contribution in [0.1, 0.15) is 12.5 Å². The van der Waals surface area contributed by atoms with Gasteiger partial charge in [0, 0.05) is 16.7 Å². The molecule has 0 atom stereocenters. The average molecular weight is 406 g/mol. The van der Waals surface area contributed by atoms with Crippen molar-refractivity contribution in [1.82, 2.24) is 0 Å². The fourth-order valence-electron chi connectivity index (χ4n) is 3.02. The molecule has 0 saturated heterocycles. The molecule has 3 rings (SSSR count). The minimum Gasteiger partial charge on any atom is -0.491 e. The van der Waals surface area contributed by atoms with Crippen LogP contribution in [0.5, 0.6) is 5.75 Å². The molecule has 154 valence electrons. The van der Waals surface area contributed by atoms with Crippen LogP contribution >= 0.6 is 0 Å². The molecule has 0 unspecified atom stereocenters. The maximum absolute atomic E-state index is 15.0. The minimum atomic E-state index is -0.525. The predicted molar refractivity (Wildman–Crippen MR) is 114 cm³/mol. The Kier molecular flexibility index (Phi) is 6.99. The van der Waals surface area contributed by atoms with Crippen molar-refractivity contribution in [1.29, 1.82) is 0 Å². The Labute approximate surface area is 175 Å². The van der Waals surface area contributed by atoms with Crippen molar-refractivity contribution < 1.29 is 23.8 Å². The van der Waals surface area contributed by atoms with E-state index in [-0.39, 0.29) is 31.2 Å². The van der Waals surface area contributed by atoms with Gasteiger partial charge in [-0.15, -0.1) is 0 Å². The highest BCUT2D eigenvalue weighted by Gasteiger charge is 2.14. The zero-order valence-electron chi connectivity index (χ0n) is 16.7. The number of ether oxygens (including phenoxy) is 2. The van der Waals surface area contributed by atoms with E-state index in [1.807, 2.05) is 36.4 Å². The molecule has 1 N–H and O–H groups in total. The van der Waals surface area contributed by atoms with E-state index >= 15 is 4.39 Å². The van der Waals surface area contributed by atoms with E-state index in [1.165, 1.54) is 6.07 Å². The summed E-state index contributed by atoms with van der Waals surface area (Å²) in [5.41, 5.74) is 3.55. The molecule has 5 heteroatoms. The molecule has 0 saturated carbocycles. The average Bonchev–Trinajstić information content (AvgIpc) is 2.76. The maximum Gasteiger partial charge on any atom is 0.333 e. The molecule has 0 aliphatic heterocycles. The van der Waals surface area contributed by atoms with Crippen molar-refractivity contribution in [2.45, 2.75) is 13.5 Å². The molecule has 0 amide bonds. The van der Waals surface area contributed by atoms with Gasteiger partial charge in [-0.1, -0.05) is 55.1 Å². The van der Waals surface area contributed by atoms with Gasteiger partial charge in [-0.3, -0.25) is 0 Å². The molecular weight excluding hydrogens is 383 g/mol. The number of hydrogen-bond acceptors (Lipinski definition) is 4. The van der Waals surface area contributed by atoms with Gasteiger partial charge in [0.15, 0.2) is 0 Å². The molecule has 0 fully saturated rings. The van der Waals surface area contributed by atoms with Gasteiger partial charge in [-0.25, -0.2) is 9.18 Å². The van der Waals surface area contributed by atoms with E-state index in [0.717, 1.165) is 11.1 Å². The Bertz CT molecular complexity index is 1040. The normalized spacial score (nSPS) is 10.5. The Morgan fingerprint density at radius 1 is 1.00 bits per heavy atom. The van der Waals surface area contributed by atoms with Gasteiger partial charge >= 0.3 is 5.97 Å². The molecule has 0 heterocycles. The van der Waals surface area contributed by atoms with Gasteiger partial charge in [0.25, 0.3) is 0 Å². The van der Waals surface area contributed by atoms with Gasteiger partial charge < -0.3 is 14.6 Å². The number of benzene rings is 3. The van der Waals surface area contributed by atoms with Crippen LogP contribution in [0, 0.1) is 5.82 Å². The molecule has 3 aromatic rings. The lowest BCUT2D eigenvalue weighted by Crippen LogP contribution is -2.07. The summed E-state index contributed by atoms with van der Waals surface area (Å²) in [4.78, 5) is 11.8. The summed E-state index contributed by atoms with van der Waals surface area (Å²) in [6.07, 6.45) is 0. The van der Waals surface area contributed by atoms with Crippen LogP contribution in [0.25, 0.3) is 22.3 Å². The first-order chi connectivity index (χ1) is 14.5. The number of aliphatic hydroxyl groups is 1. The lowest BCUT2D eigenvalue weighted by Gasteiger charge is -2.14. The van der Waals surface area contributed by atoms with Gasteiger partial charge in [0.2, 0.25) is 0 Å². The van der Waals surface area contributed by atoms with Crippen LogP contribution in [-0.4, -0.2) is 24.3 Å². The van der Waals surface area contributed by atoms with Crippen molar-refractivity contribution in [2.75, 3.05) is 13.2 Å². The quantitative estimate of drug-likeness (QED) is 0.415. The molecule has 0 aliphatic rings. The Morgan fingerprint density at radius 3 is 2.40 bits per heavy atom. The van der Waals surface area contributed by atoms with E-state index in [2.05, 4.69) is 6.58 Å². The third-order valence-electron chi connectivity index (χ3n) is 4.51. The third-order valence-corrected chi connectivity index (χ3v) is 4.51. The summed E-state index contributed by atoms with van der Waals surface area (Å²) in [5, 5.41) is 8.97. The van der Waals surface area contributed by atoms with Crippen molar-refractivity contribution in [3.63, 3.8) is 0 Å². The molecular formula is C25H23FO4. The standard InChI is InChI=1S/C25H23FO4/c1-17(2)25(28)30-16-20-14-21(29-13-12-27)9-11-22(20)23-10-8-19(15-24(23)26)18-6-4-3-5-7-18/h3-11,14-15,27H,1,12-13,16H2,2H3. The number of halogens is 1. The minimum absolute atomic E-state index is 0.0583. The maximum atomic E-state index is 15.0. The van der Waals surface area contributed by atoms with Crippen molar-refractivity contribution in [3.8, 4) is 28.0 Å². The highest BCUT2D eigenvalue weighted by Crippen LogP contribution is 2.32. The number of carbonyl (C=O) groups excluding carboxylic acids is 1. The summed E-state index contributed by atoms with van der Waals surface area (Å²) in [5.74, 6) is -0.411. The fraction of sp³-hybridized carbons (Fsp3) is 0.160. The first-order valence-electron chi connectivity index (χ1n) is 9.54. The zero-order valence-corrected chi connectivity index (χ0v) is 16.7. The molecule has 0 bridgehead atoms.